The Hall–Kier alpha value is -3.65. The number of hydrogen-bond donors (Lipinski definition) is 1. The SMILES string of the molecule is CC#CCN1c2c(n(C)c(=O)n(-c3ccc(C)o3)c2=O)N(C)C1N1CCC[C@@H](NC(=O)OC(C)(C)C)C1. The van der Waals surface area contributed by atoms with Crippen LogP contribution < -0.4 is 26.4 Å². The van der Waals surface area contributed by atoms with Crippen molar-refractivity contribution >= 4 is 17.6 Å². The van der Waals surface area contributed by atoms with Gasteiger partial charge in [0.25, 0.3) is 5.56 Å². The number of amides is 1. The second-order valence-electron chi connectivity index (χ2n) is 10.5. The standard InChI is InChI=1S/C26H36N6O5/c1-8-9-15-31-20-21(29(7)25(35)32(22(20)33)19-13-12-17(2)36-19)28(6)24(31)30-14-10-11-18(16-30)27-23(34)37-26(3,4)5/h12-13,18,24H,10-11,14-16H2,1-7H3,(H,27,34)/t18-,24?/m1/s1. The van der Waals surface area contributed by atoms with Crippen LogP contribution in [-0.2, 0) is 11.8 Å². The number of aryl methyl sites for hydroxylation is 1. The summed E-state index contributed by atoms with van der Waals surface area (Å²) in [5.41, 5.74) is -1.15. The zero-order valence-corrected chi connectivity index (χ0v) is 22.6. The lowest BCUT2D eigenvalue weighted by molar-refractivity contribution is 0.0456. The van der Waals surface area contributed by atoms with Crippen LogP contribution in [0, 0.1) is 18.8 Å². The van der Waals surface area contributed by atoms with Crippen LogP contribution in [0.4, 0.5) is 16.3 Å². The first-order valence-electron chi connectivity index (χ1n) is 12.5. The van der Waals surface area contributed by atoms with E-state index in [1.54, 1.807) is 33.0 Å². The molecule has 0 saturated carbocycles. The summed E-state index contributed by atoms with van der Waals surface area (Å²) in [5, 5.41) is 2.99. The molecule has 37 heavy (non-hydrogen) atoms. The van der Waals surface area contributed by atoms with Gasteiger partial charge in [0, 0.05) is 39.3 Å². The first-order chi connectivity index (χ1) is 17.4. The third kappa shape index (κ3) is 5.11. The summed E-state index contributed by atoms with van der Waals surface area (Å²) in [6.07, 6.45) is 0.849. The summed E-state index contributed by atoms with van der Waals surface area (Å²) < 4.78 is 13.6. The van der Waals surface area contributed by atoms with E-state index in [0.717, 1.165) is 24.0 Å². The number of carbonyl (C=O) groups is 1. The average molecular weight is 513 g/mol. The fourth-order valence-corrected chi connectivity index (χ4v) is 5.09. The van der Waals surface area contributed by atoms with Crippen molar-refractivity contribution in [2.45, 2.75) is 65.4 Å². The highest BCUT2D eigenvalue weighted by Gasteiger charge is 2.43. The highest BCUT2D eigenvalue weighted by molar-refractivity contribution is 5.74. The maximum atomic E-state index is 13.8. The second-order valence-corrected chi connectivity index (χ2v) is 10.5. The minimum Gasteiger partial charge on any atom is -0.445 e. The van der Waals surface area contributed by atoms with E-state index in [1.165, 1.54) is 4.57 Å². The Morgan fingerprint density at radius 1 is 1.24 bits per heavy atom. The number of carbonyl (C=O) groups excluding carboxylic acids is 1. The molecular formula is C26H36N6O5. The fourth-order valence-electron chi connectivity index (χ4n) is 5.09. The van der Waals surface area contributed by atoms with E-state index in [-0.39, 0.29) is 18.2 Å². The van der Waals surface area contributed by atoms with Gasteiger partial charge in [0.05, 0.1) is 6.54 Å². The van der Waals surface area contributed by atoms with Gasteiger partial charge in [0.15, 0.2) is 6.29 Å². The molecule has 2 aromatic heterocycles. The minimum absolute atomic E-state index is 0.119. The van der Waals surface area contributed by atoms with Gasteiger partial charge in [-0.25, -0.2) is 9.59 Å². The molecule has 2 aliphatic rings. The molecule has 2 atom stereocenters. The number of piperidine rings is 1. The Kier molecular flexibility index (Phi) is 7.15. The van der Waals surface area contributed by atoms with Gasteiger partial charge in [-0.1, -0.05) is 5.92 Å². The van der Waals surface area contributed by atoms with Crippen LogP contribution in [0.15, 0.2) is 26.1 Å². The van der Waals surface area contributed by atoms with Crippen molar-refractivity contribution in [1.82, 2.24) is 19.4 Å². The van der Waals surface area contributed by atoms with Crippen molar-refractivity contribution in [3.63, 3.8) is 0 Å². The van der Waals surface area contributed by atoms with Crippen LogP contribution in [0.3, 0.4) is 0 Å². The molecule has 0 spiro atoms. The van der Waals surface area contributed by atoms with Crippen LogP contribution in [0.2, 0.25) is 0 Å². The zero-order chi connectivity index (χ0) is 27.1. The van der Waals surface area contributed by atoms with Crippen molar-refractivity contribution < 1.29 is 13.9 Å². The normalized spacial score (nSPS) is 19.9. The molecule has 1 N–H and O–H groups in total. The van der Waals surface area contributed by atoms with Gasteiger partial charge >= 0.3 is 11.8 Å². The maximum Gasteiger partial charge on any atom is 0.407 e. The summed E-state index contributed by atoms with van der Waals surface area (Å²) in [4.78, 5) is 45.6. The van der Waals surface area contributed by atoms with Crippen molar-refractivity contribution in [3.05, 3.63) is 38.7 Å². The average Bonchev–Trinajstić information content (AvgIpc) is 3.35. The first kappa shape index (κ1) is 26.4. The van der Waals surface area contributed by atoms with Gasteiger partial charge in [0.2, 0.25) is 5.88 Å². The third-order valence-corrected chi connectivity index (χ3v) is 6.53. The van der Waals surface area contributed by atoms with E-state index in [4.69, 9.17) is 9.15 Å². The minimum atomic E-state index is -0.585. The van der Waals surface area contributed by atoms with Gasteiger partial charge in [-0.3, -0.25) is 14.3 Å². The van der Waals surface area contributed by atoms with E-state index in [1.807, 2.05) is 37.6 Å². The molecule has 2 aliphatic heterocycles. The van der Waals surface area contributed by atoms with Crippen molar-refractivity contribution in [3.8, 4) is 17.7 Å². The molecule has 2 aromatic rings. The van der Waals surface area contributed by atoms with Gasteiger partial charge in [0.1, 0.15) is 22.9 Å². The molecule has 200 valence electrons. The smallest absolute Gasteiger partial charge is 0.407 e. The first-order valence-corrected chi connectivity index (χ1v) is 12.5. The number of alkyl carbamates (subject to hydrolysis) is 1. The highest BCUT2D eigenvalue weighted by Crippen LogP contribution is 2.37. The molecule has 4 heterocycles. The Balaban J connectivity index is 1.71. The molecule has 0 aliphatic carbocycles. The number of likely N-dealkylation sites (tertiary alicyclic amines) is 1. The van der Waals surface area contributed by atoms with Gasteiger partial charge in [-0.2, -0.15) is 4.57 Å². The molecule has 11 nitrogen and oxygen atoms in total. The topological polar surface area (TPSA) is 105 Å². The number of nitrogens with one attached hydrogen (secondary N) is 1. The lowest BCUT2D eigenvalue weighted by Gasteiger charge is -2.42. The summed E-state index contributed by atoms with van der Waals surface area (Å²) >= 11 is 0. The fraction of sp³-hybridized carbons (Fsp3) is 0.577. The van der Waals surface area contributed by atoms with E-state index in [9.17, 15) is 14.4 Å². The lowest BCUT2D eigenvalue weighted by Crippen LogP contribution is -2.60. The number of fused-ring (bicyclic) bond motifs is 1. The van der Waals surface area contributed by atoms with Crippen molar-refractivity contribution in [2.24, 2.45) is 7.05 Å². The summed E-state index contributed by atoms with van der Waals surface area (Å²) in [6.45, 7) is 10.6. The van der Waals surface area contributed by atoms with Crippen LogP contribution in [0.25, 0.3) is 5.88 Å². The monoisotopic (exact) mass is 512 g/mol. The number of rotatable bonds is 4. The maximum absolute atomic E-state index is 13.8. The van der Waals surface area contributed by atoms with Crippen molar-refractivity contribution in [1.29, 1.82) is 0 Å². The van der Waals surface area contributed by atoms with Gasteiger partial charge in [-0.15, -0.1) is 5.92 Å². The van der Waals surface area contributed by atoms with Crippen LogP contribution in [-0.4, -0.2) is 64.7 Å². The van der Waals surface area contributed by atoms with E-state index < -0.39 is 22.9 Å². The number of aromatic nitrogens is 2. The number of nitrogens with zero attached hydrogens (tertiary/aromatic N) is 5. The highest BCUT2D eigenvalue weighted by atomic mass is 16.6. The van der Waals surface area contributed by atoms with E-state index >= 15 is 0 Å². The van der Waals surface area contributed by atoms with E-state index in [0.29, 0.717) is 30.4 Å². The third-order valence-electron chi connectivity index (χ3n) is 6.53. The predicted octanol–water partition coefficient (Wildman–Crippen LogP) is 1.99. The number of anilines is 2. The Labute approximate surface area is 216 Å². The molecule has 1 amide bonds. The molecule has 1 saturated heterocycles. The summed E-state index contributed by atoms with van der Waals surface area (Å²) in [7, 11) is 3.52. The Morgan fingerprint density at radius 2 is 1.97 bits per heavy atom. The predicted molar refractivity (Wildman–Crippen MR) is 141 cm³/mol. The van der Waals surface area contributed by atoms with Crippen molar-refractivity contribution in [2.75, 3.05) is 36.5 Å². The zero-order valence-electron chi connectivity index (χ0n) is 22.6. The van der Waals surface area contributed by atoms with Crippen LogP contribution in [0.1, 0.15) is 46.3 Å². The molecule has 1 unspecified atom stereocenters. The Bertz CT molecular complexity index is 1350. The molecule has 1 fully saturated rings. The summed E-state index contributed by atoms with van der Waals surface area (Å²) in [6, 6.07) is 3.22. The van der Waals surface area contributed by atoms with Crippen LogP contribution in [0.5, 0.6) is 0 Å². The number of ether oxygens (including phenoxy) is 1. The molecule has 0 bridgehead atoms. The molecular weight excluding hydrogens is 476 g/mol. The lowest BCUT2D eigenvalue weighted by atomic mass is 10.1. The molecule has 11 heteroatoms. The van der Waals surface area contributed by atoms with Gasteiger partial charge in [-0.05, 0) is 53.5 Å². The Morgan fingerprint density at radius 3 is 2.59 bits per heavy atom. The number of furan rings is 1. The quantitative estimate of drug-likeness (QED) is 0.621. The van der Waals surface area contributed by atoms with E-state index in [2.05, 4.69) is 22.1 Å². The van der Waals surface area contributed by atoms with Crippen LogP contribution >= 0.6 is 0 Å². The second kappa shape index (κ2) is 10.0. The van der Waals surface area contributed by atoms with Gasteiger partial charge < -0.3 is 24.3 Å². The summed E-state index contributed by atoms with van der Waals surface area (Å²) in [5.74, 6) is 7.30. The molecule has 0 radical (unpaired) electrons. The molecule has 0 aromatic carbocycles. The molecule has 4 rings (SSSR count). The largest absolute Gasteiger partial charge is 0.445 e. The number of hydrogen-bond acceptors (Lipinski definition) is 8.